The fourth-order valence-electron chi connectivity index (χ4n) is 6.08. The predicted molar refractivity (Wildman–Crippen MR) is 136 cm³/mol. The van der Waals surface area contributed by atoms with Crippen LogP contribution in [0.4, 0.5) is 0 Å². The molecule has 3 fully saturated rings. The van der Waals surface area contributed by atoms with Crippen LogP contribution in [0.2, 0.25) is 0 Å². The first-order valence-corrected chi connectivity index (χ1v) is 13.1. The highest BCUT2D eigenvalue weighted by molar-refractivity contribution is 5.81. The molecule has 1 N–H and O–H groups in total. The summed E-state index contributed by atoms with van der Waals surface area (Å²) in [6.07, 6.45) is 8.71. The normalized spacial score (nSPS) is 27.3. The van der Waals surface area contributed by atoms with Gasteiger partial charge in [0.2, 0.25) is 0 Å². The van der Waals surface area contributed by atoms with Crippen molar-refractivity contribution < 1.29 is 19.4 Å². The van der Waals surface area contributed by atoms with E-state index >= 15 is 0 Å². The Morgan fingerprint density at radius 2 is 1.61 bits per heavy atom. The van der Waals surface area contributed by atoms with E-state index in [1.165, 1.54) is 18.4 Å². The fourth-order valence-corrected chi connectivity index (χ4v) is 6.08. The van der Waals surface area contributed by atoms with E-state index in [4.69, 9.17) is 14.5 Å². The zero-order chi connectivity index (χ0) is 24.6. The minimum atomic E-state index is -0.904. The molecule has 6 heteroatoms. The number of rotatable bonds is 9. The second-order valence-electron chi connectivity index (χ2n) is 11.0. The molecular formula is C30H34N2O4. The standard InChI is InChI=1S/C30H34N2O4/c33-27(34)29(25-9-5-2-6-10-25)13-15-30(16-14-29,26-31-17-18-32(26)19-23-11-12-23)36-22-28(20-35-21-28)24-7-3-1-4-8-24/h1-10,17-18,23H,11-16,19-22H2,(H,33,34). The van der Waals surface area contributed by atoms with Crippen molar-refractivity contribution in [1.82, 2.24) is 9.55 Å². The summed E-state index contributed by atoms with van der Waals surface area (Å²) in [6, 6.07) is 20.2. The van der Waals surface area contributed by atoms with Crippen LogP contribution in [0.15, 0.2) is 73.1 Å². The molecule has 2 aromatic carbocycles. The second-order valence-corrected chi connectivity index (χ2v) is 11.0. The molecule has 0 amide bonds. The molecule has 1 aliphatic heterocycles. The van der Waals surface area contributed by atoms with Crippen LogP contribution in [0.5, 0.6) is 0 Å². The summed E-state index contributed by atoms with van der Waals surface area (Å²) in [4.78, 5) is 17.5. The number of nitrogens with zero attached hydrogens (tertiary/aromatic N) is 2. The molecule has 1 saturated heterocycles. The minimum Gasteiger partial charge on any atom is -0.481 e. The third-order valence-corrected chi connectivity index (χ3v) is 8.69. The Morgan fingerprint density at radius 3 is 2.17 bits per heavy atom. The second kappa shape index (κ2) is 9.16. The van der Waals surface area contributed by atoms with Crippen molar-refractivity contribution in [2.24, 2.45) is 5.92 Å². The first-order chi connectivity index (χ1) is 17.6. The van der Waals surface area contributed by atoms with Gasteiger partial charge in [-0.05, 0) is 55.6 Å². The quantitative estimate of drug-likeness (QED) is 0.457. The Kier molecular flexibility index (Phi) is 5.97. The zero-order valence-corrected chi connectivity index (χ0v) is 20.6. The van der Waals surface area contributed by atoms with E-state index in [1.807, 2.05) is 42.6 Å². The van der Waals surface area contributed by atoms with Crippen molar-refractivity contribution in [3.63, 3.8) is 0 Å². The van der Waals surface area contributed by atoms with Gasteiger partial charge in [0, 0.05) is 18.9 Å². The monoisotopic (exact) mass is 486 g/mol. The first kappa shape index (κ1) is 23.4. The van der Waals surface area contributed by atoms with Gasteiger partial charge in [0.05, 0.1) is 30.7 Å². The number of imidazole rings is 1. The maximum atomic E-state index is 12.7. The first-order valence-electron chi connectivity index (χ1n) is 13.1. The van der Waals surface area contributed by atoms with Gasteiger partial charge in [-0.25, -0.2) is 4.98 Å². The van der Waals surface area contributed by atoms with Crippen molar-refractivity contribution in [3.05, 3.63) is 90.0 Å². The van der Waals surface area contributed by atoms with E-state index in [2.05, 4.69) is 35.0 Å². The van der Waals surface area contributed by atoms with Gasteiger partial charge in [-0.2, -0.15) is 0 Å². The van der Waals surface area contributed by atoms with Crippen LogP contribution in [0.25, 0.3) is 0 Å². The van der Waals surface area contributed by atoms with Crippen LogP contribution >= 0.6 is 0 Å². The van der Waals surface area contributed by atoms with Crippen LogP contribution in [-0.2, 0) is 37.2 Å². The summed E-state index contributed by atoms with van der Waals surface area (Å²) < 4.78 is 14.9. The molecular weight excluding hydrogens is 452 g/mol. The lowest BCUT2D eigenvalue weighted by Gasteiger charge is -2.48. The summed E-state index contributed by atoms with van der Waals surface area (Å²) in [5.74, 6) is 0.901. The van der Waals surface area contributed by atoms with Gasteiger partial charge in [0.1, 0.15) is 11.4 Å². The van der Waals surface area contributed by atoms with E-state index in [1.54, 1.807) is 0 Å². The van der Waals surface area contributed by atoms with Gasteiger partial charge >= 0.3 is 5.97 Å². The van der Waals surface area contributed by atoms with Crippen molar-refractivity contribution in [1.29, 1.82) is 0 Å². The van der Waals surface area contributed by atoms with Crippen molar-refractivity contribution >= 4 is 5.97 Å². The molecule has 0 bridgehead atoms. The topological polar surface area (TPSA) is 73.6 Å². The highest BCUT2D eigenvalue weighted by Gasteiger charge is 2.53. The summed E-state index contributed by atoms with van der Waals surface area (Å²) in [7, 11) is 0. The summed E-state index contributed by atoms with van der Waals surface area (Å²) in [6.45, 7) is 2.74. The fraction of sp³-hybridized carbons (Fsp3) is 0.467. The third kappa shape index (κ3) is 4.06. The number of ether oxygens (including phenoxy) is 2. The molecule has 6 rings (SSSR count). The zero-order valence-electron chi connectivity index (χ0n) is 20.6. The van der Waals surface area contributed by atoms with Gasteiger partial charge in [-0.3, -0.25) is 4.79 Å². The van der Waals surface area contributed by atoms with E-state index < -0.39 is 17.0 Å². The lowest BCUT2D eigenvalue weighted by molar-refractivity contribution is -0.168. The maximum absolute atomic E-state index is 12.7. The van der Waals surface area contributed by atoms with Crippen LogP contribution < -0.4 is 0 Å². The summed E-state index contributed by atoms with van der Waals surface area (Å²) >= 11 is 0. The molecule has 0 atom stereocenters. The van der Waals surface area contributed by atoms with Gasteiger partial charge < -0.3 is 19.1 Å². The van der Waals surface area contributed by atoms with Crippen molar-refractivity contribution in [2.45, 2.75) is 61.5 Å². The molecule has 3 aromatic rings. The van der Waals surface area contributed by atoms with Crippen LogP contribution in [0.1, 0.15) is 55.5 Å². The molecule has 2 heterocycles. The van der Waals surface area contributed by atoms with Gasteiger partial charge in [0.25, 0.3) is 0 Å². The molecule has 0 spiro atoms. The van der Waals surface area contributed by atoms with Crippen LogP contribution in [0, 0.1) is 5.92 Å². The van der Waals surface area contributed by atoms with E-state index in [-0.39, 0.29) is 5.41 Å². The van der Waals surface area contributed by atoms with E-state index in [0.29, 0.717) is 51.4 Å². The Bertz CT molecular complexity index is 1190. The lowest BCUT2D eigenvalue weighted by atomic mass is 9.64. The minimum absolute atomic E-state index is 0.178. The molecule has 3 aliphatic rings. The molecule has 6 nitrogen and oxygen atoms in total. The Labute approximate surface area is 212 Å². The average Bonchev–Trinajstić information content (AvgIpc) is 3.59. The van der Waals surface area contributed by atoms with E-state index in [0.717, 1.165) is 17.9 Å². The number of benzene rings is 2. The SMILES string of the molecule is O=C(O)C1(c2ccccc2)CCC(OCC2(c3ccccc3)COC2)(c2nccn2CC2CC2)CC1. The van der Waals surface area contributed by atoms with Crippen LogP contribution in [0.3, 0.4) is 0 Å². The Hall–Kier alpha value is -2.96. The maximum Gasteiger partial charge on any atom is 0.314 e. The smallest absolute Gasteiger partial charge is 0.314 e. The number of hydrogen-bond acceptors (Lipinski definition) is 4. The number of aliphatic carboxylic acids is 1. The third-order valence-electron chi connectivity index (χ3n) is 8.69. The number of carboxylic acid groups (broad SMARTS) is 1. The highest BCUT2D eigenvalue weighted by atomic mass is 16.5. The predicted octanol–water partition coefficient (Wildman–Crippen LogP) is 5.07. The van der Waals surface area contributed by atoms with Crippen molar-refractivity contribution in [2.75, 3.05) is 19.8 Å². The number of carboxylic acids is 1. The average molecular weight is 487 g/mol. The highest BCUT2D eigenvalue weighted by Crippen LogP contribution is 2.50. The molecule has 2 saturated carbocycles. The summed E-state index contributed by atoms with van der Waals surface area (Å²) in [5, 5.41) is 10.4. The van der Waals surface area contributed by atoms with Gasteiger partial charge in [0.15, 0.2) is 0 Å². The molecule has 2 aliphatic carbocycles. The molecule has 0 unspecified atom stereocenters. The van der Waals surface area contributed by atoms with Crippen LogP contribution in [-0.4, -0.2) is 40.4 Å². The van der Waals surface area contributed by atoms with Gasteiger partial charge in [-0.1, -0.05) is 60.7 Å². The number of hydrogen-bond donors (Lipinski definition) is 1. The Morgan fingerprint density at radius 1 is 0.972 bits per heavy atom. The molecule has 36 heavy (non-hydrogen) atoms. The number of aromatic nitrogens is 2. The molecule has 1 aromatic heterocycles. The summed E-state index contributed by atoms with van der Waals surface area (Å²) in [5.41, 5.74) is 0.402. The largest absolute Gasteiger partial charge is 0.481 e. The van der Waals surface area contributed by atoms with E-state index in [9.17, 15) is 9.90 Å². The lowest BCUT2D eigenvalue weighted by Crippen LogP contribution is -2.53. The van der Waals surface area contributed by atoms with Crippen molar-refractivity contribution in [3.8, 4) is 0 Å². The van der Waals surface area contributed by atoms with Gasteiger partial charge in [-0.15, -0.1) is 0 Å². The molecule has 0 radical (unpaired) electrons. The Balaban J connectivity index is 1.32. The number of carbonyl (C=O) groups is 1. The molecule has 188 valence electrons.